The molecule has 0 unspecified atom stereocenters. The average molecular weight is 289 g/mol. The topological polar surface area (TPSA) is 56.2 Å². The molecule has 2 heterocycles. The molecule has 0 atom stereocenters. The van der Waals surface area contributed by atoms with Crippen LogP contribution in [0.15, 0.2) is 47.1 Å². The molecule has 0 bridgehead atoms. The monoisotopic (exact) mass is 288 g/mol. The Balaban J connectivity index is 2.23. The van der Waals surface area contributed by atoms with E-state index in [1.165, 1.54) is 0 Å². The number of aromatic nitrogens is 3. The zero-order chi connectivity index (χ0) is 11.8. The fraction of sp³-hybridized carbons (Fsp3) is 0. The van der Waals surface area contributed by atoms with Gasteiger partial charge in [0.15, 0.2) is 5.65 Å². The van der Waals surface area contributed by atoms with Crippen molar-refractivity contribution in [3.05, 3.63) is 47.1 Å². The molecule has 0 radical (unpaired) electrons. The lowest BCUT2D eigenvalue weighted by molar-refractivity contribution is 0.954. The van der Waals surface area contributed by atoms with E-state index >= 15 is 0 Å². The normalized spacial score (nSPS) is 10.9. The van der Waals surface area contributed by atoms with Gasteiger partial charge in [0.25, 0.3) is 0 Å². The van der Waals surface area contributed by atoms with E-state index in [1.54, 1.807) is 10.7 Å². The van der Waals surface area contributed by atoms with Crippen LogP contribution in [0.25, 0.3) is 16.9 Å². The van der Waals surface area contributed by atoms with Crippen LogP contribution in [-0.2, 0) is 0 Å². The van der Waals surface area contributed by atoms with Gasteiger partial charge in [0.2, 0.25) is 0 Å². The Hall–Kier alpha value is -1.88. The third-order valence-electron chi connectivity index (χ3n) is 2.51. The van der Waals surface area contributed by atoms with Crippen LogP contribution >= 0.6 is 15.9 Å². The van der Waals surface area contributed by atoms with Crippen LogP contribution in [0.5, 0.6) is 0 Å². The van der Waals surface area contributed by atoms with Crippen LogP contribution in [0, 0.1) is 0 Å². The van der Waals surface area contributed by atoms with E-state index < -0.39 is 0 Å². The number of fused-ring (bicyclic) bond motifs is 1. The number of rotatable bonds is 1. The largest absolute Gasteiger partial charge is 0.384 e. The number of hydrogen-bond acceptors (Lipinski definition) is 3. The molecule has 3 rings (SSSR count). The molecule has 4 nitrogen and oxygen atoms in total. The van der Waals surface area contributed by atoms with Gasteiger partial charge in [-0.1, -0.05) is 28.1 Å². The second-order valence-corrected chi connectivity index (χ2v) is 4.59. The lowest BCUT2D eigenvalue weighted by Crippen LogP contribution is -2.00. The van der Waals surface area contributed by atoms with Crippen LogP contribution in [0.4, 0.5) is 5.82 Å². The first-order valence-electron chi connectivity index (χ1n) is 5.10. The lowest BCUT2D eigenvalue weighted by Gasteiger charge is -2.04. The number of nitrogen functional groups attached to an aromatic ring is 1. The molecule has 84 valence electrons. The molecule has 2 aromatic heterocycles. The van der Waals surface area contributed by atoms with Crippen molar-refractivity contribution in [1.82, 2.24) is 14.6 Å². The molecule has 0 aliphatic heterocycles. The maximum Gasteiger partial charge on any atom is 0.157 e. The Bertz CT molecular complexity index is 690. The minimum Gasteiger partial charge on any atom is -0.384 e. The highest BCUT2D eigenvalue weighted by Gasteiger charge is 2.05. The van der Waals surface area contributed by atoms with E-state index in [-0.39, 0.29) is 0 Å². The molecule has 0 amide bonds. The molecule has 0 aliphatic carbocycles. The van der Waals surface area contributed by atoms with E-state index in [0.29, 0.717) is 5.82 Å². The van der Waals surface area contributed by atoms with Crippen LogP contribution in [0.3, 0.4) is 0 Å². The first-order chi connectivity index (χ1) is 8.24. The average Bonchev–Trinajstić information content (AvgIpc) is 2.77. The molecule has 0 saturated heterocycles. The molecule has 0 fully saturated rings. The van der Waals surface area contributed by atoms with E-state index in [0.717, 1.165) is 21.4 Å². The summed E-state index contributed by atoms with van der Waals surface area (Å²) in [7, 11) is 0. The Kier molecular flexibility index (Phi) is 2.33. The first kappa shape index (κ1) is 10.3. The molecule has 0 aliphatic rings. The zero-order valence-electron chi connectivity index (χ0n) is 8.84. The van der Waals surface area contributed by atoms with E-state index in [4.69, 9.17) is 5.73 Å². The third kappa shape index (κ3) is 1.78. The molecular formula is C12H9BrN4. The van der Waals surface area contributed by atoms with Crippen molar-refractivity contribution in [2.75, 3.05) is 5.73 Å². The second-order valence-electron chi connectivity index (χ2n) is 3.68. The maximum atomic E-state index is 5.93. The van der Waals surface area contributed by atoms with Gasteiger partial charge in [-0.25, -0.2) is 4.98 Å². The molecule has 1 aromatic carbocycles. The van der Waals surface area contributed by atoms with Gasteiger partial charge in [-0.15, -0.1) is 0 Å². The number of nitrogens with two attached hydrogens (primary N) is 1. The van der Waals surface area contributed by atoms with Crippen molar-refractivity contribution in [3.8, 4) is 11.3 Å². The SMILES string of the molecule is Nc1cc(-c2cccc(Br)c2)nc2ccnn12. The highest BCUT2D eigenvalue weighted by molar-refractivity contribution is 9.10. The van der Waals surface area contributed by atoms with Crippen molar-refractivity contribution in [1.29, 1.82) is 0 Å². The molecule has 0 spiro atoms. The van der Waals surface area contributed by atoms with Gasteiger partial charge in [-0.05, 0) is 12.1 Å². The molecule has 17 heavy (non-hydrogen) atoms. The van der Waals surface area contributed by atoms with Gasteiger partial charge in [0.1, 0.15) is 5.82 Å². The number of benzene rings is 1. The predicted molar refractivity (Wildman–Crippen MR) is 70.5 cm³/mol. The summed E-state index contributed by atoms with van der Waals surface area (Å²) in [5, 5.41) is 4.09. The van der Waals surface area contributed by atoms with Crippen molar-refractivity contribution < 1.29 is 0 Å². The van der Waals surface area contributed by atoms with Gasteiger partial charge in [-0.2, -0.15) is 9.61 Å². The summed E-state index contributed by atoms with van der Waals surface area (Å²) in [4.78, 5) is 4.51. The van der Waals surface area contributed by atoms with Gasteiger partial charge < -0.3 is 5.73 Å². The number of halogens is 1. The smallest absolute Gasteiger partial charge is 0.157 e. The number of anilines is 1. The number of nitrogens with zero attached hydrogens (tertiary/aromatic N) is 3. The number of hydrogen-bond donors (Lipinski definition) is 1. The zero-order valence-corrected chi connectivity index (χ0v) is 10.4. The first-order valence-corrected chi connectivity index (χ1v) is 5.89. The molecule has 0 saturated carbocycles. The van der Waals surface area contributed by atoms with E-state index in [2.05, 4.69) is 26.0 Å². The van der Waals surface area contributed by atoms with Gasteiger partial charge >= 0.3 is 0 Å². The summed E-state index contributed by atoms with van der Waals surface area (Å²) >= 11 is 3.44. The molecule has 3 aromatic rings. The Labute approximate surface area is 106 Å². The van der Waals surface area contributed by atoms with E-state index in [1.807, 2.05) is 36.4 Å². The minimum absolute atomic E-state index is 0.579. The standard InChI is InChI=1S/C12H9BrN4/c13-9-3-1-2-8(6-9)10-7-11(14)17-12(16-10)4-5-15-17/h1-7H,14H2. The van der Waals surface area contributed by atoms with Crippen molar-refractivity contribution in [3.63, 3.8) is 0 Å². The van der Waals surface area contributed by atoms with Crippen LogP contribution < -0.4 is 5.73 Å². The van der Waals surface area contributed by atoms with Crippen LogP contribution in [-0.4, -0.2) is 14.6 Å². The summed E-state index contributed by atoms with van der Waals surface area (Å²) in [5.74, 6) is 0.579. The van der Waals surface area contributed by atoms with Gasteiger partial charge in [-0.3, -0.25) is 0 Å². The minimum atomic E-state index is 0.579. The quantitative estimate of drug-likeness (QED) is 0.749. The van der Waals surface area contributed by atoms with Gasteiger partial charge in [0, 0.05) is 22.2 Å². The fourth-order valence-corrected chi connectivity index (χ4v) is 2.13. The summed E-state index contributed by atoms with van der Waals surface area (Å²) in [6, 6.07) is 11.6. The molecule has 5 heteroatoms. The highest BCUT2D eigenvalue weighted by Crippen LogP contribution is 2.23. The highest BCUT2D eigenvalue weighted by atomic mass is 79.9. The Morgan fingerprint density at radius 1 is 1.18 bits per heavy atom. The fourth-order valence-electron chi connectivity index (χ4n) is 1.73. The van der Waals surface area contributed by atoms with E-state index in [9.17, 15) is 0 Å². The van der Waals surface area contributed by atoms with Crippen LogP contribution in [0.1, 0.15) is 0 Å². The Morgan fingerprint density at radius 2 is 2.06 bits per heavy atom. The lowest BCUT2D eigenvalue weighted by atomic mass is 10.1. The predicted octanol–water partition coefficient (Wildman–Crippen LogP) is 2.74. The molecule has 2 N–H and O–H groups in total. The Morgan fingerprint density at radius 3 is 2.88 bits per heavy atom. The second kappa shape index (κ2) is 3.85. The summed E-state index contributed by atoms with van der Waals surface area (Å²) in [6.07, 6.45) is 1.68. The van der Waals surface area contributed by atoms with Crippen molar-refractivity contribution >= 4 is 27.4 Å². The maximum absolute atomic E-state index is 5.93. The van der Waals surface area contributed by atoms with Crippen molar-refractivity contribution in [2.24, 2.45) is 0 Å². The van der Waals surface area contributed by atoms with Gasteiger partial charge in [0.05, 0.1) is 11.9 Å². The molecular weight excluding hydrogens is 280 g/mol. The third-order valence-corrected chi connectivity index (χ3v) is 3.00. The summed E-state index contributed by atoms with van der Waals surface area (Å²) in [6.45, 7) is 0. The summed E-state index contributed by atoms with van der Waals surface area (Å²) in [5.41, 5.74) is 8.54. The van der Waals surface area contributed by atoms with Crippen molar-refractivity contribution in [2.45, 2.75) is 0 Å². The summed E-state index contributed by atoms with van der Waals surface area (Å²) < 4.78 is 2.63. The van der Waals surface area contributed by atoms with Crippen LogP contribution in [0.2, 0.25) is 0 Å².